The second-order valence-corrected chi connectivity index (χ2v) is 9.43. The second-order valence-electron chi connectivity index (χ2n) is 6.43. The minimum atomic E-state index is -3.25. The Morgan fingerprint density at radius 3 is 2.73 bits per heavy atom. The van der Waals surface area contributed by atoms with Crippen LogP contribution in [0.25, 0.3) is 5.82 Å². The number of esters is 1. The van der Waals surface area contributed by atoms with Crippen LogP contribution in [0.2, 0.25) is 0 Å². The van der Waals surface area contributed by atoms with Gasteiger partial charge < -0.3 is 4.74 Å². The van der Waals surface area contributed by atoms with E-state index in [1.807, 2.05) is 6.07 Å². The number of hydrogen-bond donors (Lipinski definition) is 1. The molecule has 0 amide bonds. The Morgan fingerprint density at radius 1 is 1.23 bits per heavy atom. The number of carbonyl (C=O) groups excluding carboxylic acids is 2. The van der Waals surface area contributed by atoms with Gasteiger partial charge in [0, 0.05) is 17.6 Å². The molecule has 3 aromatic heterocycles. The van der Waals surface area contributed by atoms with Crippen molar-refractivity contribution in [3.63, 3.8) is 0 Å². The van der Waals surface area contributed by atoms with Crippen LogP contribution in [-0.4, -0.2) is 54.3 Å². The normalized spacial score (nSPS) is 11.4. The van der Waals surface area contributed by atoms with E-state index in [-0.39, 0.29) is 17.9 Å². The zero-order chi connectivity index (χ0) is 21.7. The van der Waals surface area contributed by atoms with Crippen molar-refractivity contribution in [3.8, 4) is 5.82 Å². The molecule has 0 fully saturated rings. The first-order valence-electron chi connectivity index (χ1n) is 8.94. The molecular weight excluding hydrogens is 428 g/mol. The van der Waals surface area contributed by atoms with Gasteiger partial charge in [-0.3, -0.25) is 4.79 Å². The number of ketones is 1. The summed E-state index contributed by atoms with van der Waals surface area (Å²) in [5.41, 5.74) is 0.815. The lowest BCUT2D eigenvalue weighted by atomic mass is 10.2. The van der Waals surface area contributed by atoms with Gasteiger partial charge in [-0.05, 0) is 37.6 Å². The highest BCUT2D eigenvalue weighted by Crippen LogP contribution is 2.18. The van der Waals surface area contributed by atoms with Crippen LogP contribution in [0.1, 0.15) is 30.6 Å². The molecule has 0 aliphatic carbocycles. The molecule has 0 bridgehead atoms. The van der Waals surface area contributed by atoms with E-state index in [9.17, 15) is 18.0 Å². The van der Waals surface area contributed by atoms with Crippen LogP contribution in [0.15, 0.2) is 42.7 Å². The Hall–Kier alpha value is -2.89. The van der Waals surface area contributed by atoms with Gasteiger partial charge in [-0.25, -0.2) is 27.6 Å². The van der Waals surface area contributed by atoms with Gasteiger partial charge in [0.25, 0.3) is 0 Å². The summed E-state index contributed by atoms with van der Waals surface area (Å²) < 4.78 is 31.3. The van der Waals surface area contributed by atoms with Gasteiger partial charge >= 0.3 is 5.97 Å². The summed E-state index contributed by atoms with van der Waals surface area (Å²) in [5.74, 6) is -0.399. The maximum absolute atomic E-state index is 12.4. The largest absolute Gasteiger partial charge is 0.454 e. The van der Waals surface area contributed by atoms with Gasteiger partial charge in [-0.15, -0.1) is 11.3 Å². The van der Waals surface area contributed by atoms with Crippen LogP contribution >= 0.6 is 11.3 Å². The third kappa shape index (κ3) is 5.59. The molecule has 30 heavy (non-hydrogen) atoms. The fourth-order valence-electron chi connectivity index (χ4n) is 2.62. The summed E-state index contributed by atoms with van der Waals surface area (Å²) >= 11 is 1.24. The van der Waals surface area contributed by atoms with Crippen molar-refractivity contribution < 1.29 is 22.7 Å². The molecule has 1 N–H and O–H groups in total. The number of nitrogens with one attached hydrogen (secondary N) is 1. The molecule has 3 rings (SSSR count). The quantitative estimate of drug-likeness (QED) is 0.391. The highest BCUT2D eigenvalue weighted by molar-refractivity contribution is 7.88. The highest BCUT2D eigenvalue weighted by atomic mass is 32.2. The Bertz CT molecular complexity index is 1150. The van der Waals surface area contributed by atoms with E-state index in [2.05, 4.69) is 14.8 Å². The molecule has 0 spiro atoms. The average molecular weight is 449 g/mol. The zero-order valence-electron chi connectivity index (χ0n) is 16.4. The van der Waals surface area contributed by atoms with Crippen molar-refractivity contribution in [3.05, 3.63) is 63.7 Å². The summed E-state index contributed by atoms with van der Waals surface area (Å²) in [7, 11) is -3.25. The first kappa shape index (κ1) is 21.8. The van der Waals surface area contributed by atoms with Crippen LogP contribution in [0.4, 0.5) is 0 Å². The Labute approximate surface area is 177 Å². The molecule has 0 atom stereocenters. The van der Waals surface area contributed by atoms with Crippen LogP contribution in [0, 0.1) is 6.92 Å². The number of nitrogens with zero attached hydrogens (tertiary/aromatic N) is 3. The van der Waals surface area contributed by atoms with Crippen molar-refractivity contribution in [1.29, 1.82) is 0 Å². The summed E-state index contributed by atoms with van der Waals surface area (Å²) in [6, 6.07) is 8.75. The molecular formula is C19H20N4O5S2. The minimum Gasteiger partial charge on any atom is -0.454 e. The number of rotatable bonds is 9. The SMILES string of the molecule is Cc1c(C(=O)OCC(=O)c2ccc(CCNS(C)(=O)=O)s2)cnn1-c1ccccn1. The van der Waals surface area contributed by atoms with Gasteiger partial charge in [0.1, 0.15) is 5.56 Å². The van der Waals surface area contributed by atoms with Crippen LogP contribution < -0.4 is 4.72 Å². The molecule has 3 heterocycles. The van der Waals surface area contributed by atoms with Crippen molar-refractivity contribution >= 4 is 33.1 Å². The lowest BCUT2D eigenvalue weighted by molar-refractivity contribution is 0.0475. The molecule has 0 unspecified atom stereocenters. The maximum Gasteiger partial charge on any atom is 0.342 e. The van der Waals surface area contributed by atoms with E-state index in [0.717, 1.165) is 11.1 Å². The standard InChI is InChI=1S/C19H20N4O5S2/c1-13-15(11-21-23(13)18-5-3-4-9-20-18)19(25)28-12-16(24)17-7-6-14(29-17)8-10-22-30(2,26)27/h3-7,9,11,22H,8,10,12H2,1-2H3. The predicted octanol–water partition coefficient (Wildman–Crippen LogP) is 1.77. The fourth-order valence-corrected chi connectivity index (χ4v) is 4.03. The minimum absolute atomic E-state index is 0.251. The van der Waals surface area contributed by atoms with Crippen molar-refractivity contribution in [2.45, 2.75) is 13.3 Å². The van der Waals surface area contributed by atoms with E-state index in [0.29, 0.717) is 22.8 Å². The number of hydrogen-bond acceptors (Lipinski definition) is 8. The van der Waals surface area contributed by atoms with Gasteiger partial charge in [0.15, 0.2) is 12.4 Å². The zero-order valence-corrected chi connectivity index (χ0v) is 18.0. The Balaban J connectivity index is 1.56. The predicted molar refractivity (Wildman–Crippen MR) is 112 cm³/mol. The third-order valence-corrected chi connectivity index (χ3v) is 6.02. The lowest BCUT2D eigenvalue weighted by Gasteiger charge is -2.05. The van der Waals surface area contributed by atoms with E-state index in [4.69, 9.17) is 4.74 Å². The molecule has 0 aliphatic rings. The number of pyridine rings is 1. The third-order valence-electron chi connectivity index (χ3n) is 4.10. The van der Waals surface area contributed by atoms with Gasteiger partial charge in [0.05, 0.1) is 23.0 Å². The first-order valence-corrected chi connectivity index (χ1v) is 11.6. The molecule has 0 aliphatic heterocycles. The van der Waals surface area contributed by atoms with Crippen LogP contribution in [-0.2, 0) is 21.2 Å². The van der Waals surface area contributed by atoms with E-state index >= 15 is 0 Å². The lowest BCUT2D eigenvalue weighted by Crippen LogP contribution is -2.24. The molecule has 0 saturated heterocycles. The van der Waals surface area contributed by atoms with Crippen molar-refractivity contribution in [2.75, 3.05) is 19.4 Å². The van der Waals surface area contributed by atoms with Crippen molar-refractivity contribution in [2.24, 2.45) is 0 Å². The summed E-state index contributed by atoms with van der Waals surface area (Å²) in [6.45, 7) is 1.58. The van der Waals surface area contributed by atoms with Gasteiger partial charge in [-0.1, -0.05) is 6.07 Å². The maximum atomic E-state index is 12.4. The summed E-state index contributed by atoms with van der Waals surface area (Å²) in [5, 5.41) is 4.16. The second kappa shape index (κ2) is 9.28. The molecule has 0 aromatic carbocycles. The van der Waals surface area contributed by atoms with E-state index < -0.39 is 22.6 Å². The number of ether oxygens (including phenoxy) is 1. The highest BCUT2D eigenvalue weighted by Gasteiger charge is 2.19. The molecule has 11 heteroatoms. The Morgan fingerprint density at radius 2 is 2.03 bits per heavy atom. The molecule has 0 radical (unpaired) electrons. The van der Waals surface area contributed by atoms with Gasteiger partial charge in [-0.2, -0.15) is 5.10 Å². The first-order chi connectivity index (χ1) is 14.2. The average Bonchev–Trinajstić information content (AvgIpc) is 3.32. The Kier molecular flexibility index (Phi) is 6.75. The number of Topliss-reactive ketones (excluding diaryl/α,β-unsaturated/α-hetero) is 1. The van der Waals surface area contributed by atoms with Crippen molar-refractivity contribution in [1.82, 2.24) is 19.5 Å². The fraction of sp³-hybridized carbons (Fsp3) is 0.263. The molecule has 9 nitrogen and oxygen atoms in total. The topological polar surface area (TPSA) is 120 Å². The van der Waals surface area contributed by atoms with Crippen LogP contribution in [0.3, 0.4) is 0 Å². The van der Waals surface area contributed by atoms with E-state index in [1.165, 1.54) is 22.2 Å². The summed E-state index contributed by atoms with van der Waals surface area (Å²) in [4.78, 5) is 30.2. The monoisotopic (exact) mass is 448 g/mol. The number of carbonyl (C=O) groups is 2. The van der Waals surface area contributed by atoms with Crippen LogP contribution in [0.5, 0.6) is 0 Å². The number of aromatic nitrogens is 3. The molecule has 0 saturated carbocycles. The van der Waals surface area contributed by atoms with E-state index in [1.54, 1.807) is 37.4 Å². The number of thiophene rings is 1. The number of sulfonamides is 1. The molecule has 3 aromatic rings. The molecule has 158 valence electrons. The van der Waals surface area contributed by atoms with Gasteiger partial charge in [0.2, 0.25) is 15.8 Å². The summed E-state index contributed by atoms with van der Waals surface area (Å²) in [6.07, 6.45) is 4.57. The smallest absolute Gasteiger partial charge is 0.342 e.